The van der Waals surface area contributed by atoms with Crippen LogP contribution < -0.4 is 15.4 Å². The van der Waals surface area contributed by atoms with E-state index in [2.05, 4.69) is 24.5 Å². The molecule has 0 fully saturated rings. The topological polar surface area (TPSA) is 50.4 Å². The van der Waals surface area contributed by atoms with Gasteiger partial charge in [0.1, 0.15) is 5.75 Å². The molecule has 0 heterocycles. The standard InChI is InChI=1S/C19H23ClN2O2/c1-13(2)16-6-10-18(11-7-16)24-14(3)22-19(23)21-12-15-4-8-17(20)9-5-15/h4-11,13-14H,12H2,1-3H3,(H2,21,22,23). The van der Waals surface area contributed by atoms with E-state index in [9.17, 15) is 4.79 Å². The second kappa shape index (κ2) is 8.60. The fourth-order valence-corrected chi connectivity index (χ4v) is 2.31. The van der Waals surface area contributed by atoms with Crippen molar-refractivity contribution in [3.8, 4) is 5.75 Å². The second-order valence-corrected chi connectivity index (χ2v) is 6.37. The highest BCUT2D eigenvalue weighted by Gasteiger charge is 2.08. The van der Waals surface area contributed by atoms with Crippen LogP contribution in [0.25, 0.3) is 0 Å². The third kappa shape index (κ3) is 5.78. The zero-order valence-electron chi connectivity index (χ0n) is 14.2. The average molecular weight is 347 g/mol. The van der Waals surface area contributed by atoms with E-state index in [-0.39, 0.29) is 6.03 Å². The minimum absolute atomic E-state index is 0.281. The van der Waals surface area contributed by atoms with Gasteiger partial charge in [0.2, 0.25) is 0 Å². The molecule has 0 spiro atoms. The summed E-state index contributed by atoms with van der Waals surface area (Å²) in [6, 6.07) is 15.0. The molecule has 0 saturated carbocycles. The number of ether oxygens (including phenoxy) is 1. The summed E-state index contributed by atoms with van der Waals surface area (Å²) in [7, 11) is 0. The molecule has 0 radical (unpaired) electrons. The van der Waals surface area contributed by atoms with Gasteiger partial charge in [-0.1, -0.05) is 49.7 Å². The Labute approximate surface area is 148 Å². The van der Waals surface area contributed by atoms with Gasteiger partial charge in [-0.05, 0) is 48.2 Å². The third-order valence-corrected chi connectivity index (χ3v) is 3.81. The van der Waals surface area contributed by atoms with Crippen molar-refractivity contribution in [2.24, 2.45) is 0 Å². The first-order valence-corrected chi connectivity index (χ1v) is 8.37. The van der Waals surface area contributed by atoms with Crippen LogP contribution in [0.4, 0.5) is 4.79 Å². The van der Waals surface area contributed by atoms with E-state index in [0.29, 0.717) is 17.5 Å². The molecular formula is C19H23ClN2O2. The van der Waals surface area contributed by atoms with Crippen LogP contribution in [-0.4, -0.2) is 12.3 Å². The van der Waals surface area contributed by atoms with Gasteiger partial charge in [0, 0.05) is 11.6 Å². The van der Waals surface area contributed by atoms with Crippen molar-refractivity contribution in [1.82, 2.24) is 10.6 Å². The van der Waals surface area contributed by atoms with E-state index in [1.54, 1.807) is 19.1 Å². The quantitative estimate of drug-likeness (QED) is 0.745. The number of benzene rings is 2. The van der Waals surface area contributed by atoms with Gasteiger partial charge < -0.3 is 15.4 Å². The molecule has 2 rings (SSSR count). The highest BCUT2D eigenvalue weighted by molar-refractivity contribution is 6.30. The Morgan fingerprint density at radius 2 is 1.67 bits per heavy atom. The van der Waals surface area contributed by atoms with Gasteiger partial charge in [0.25, 0.3) is 0 Å². The summed E-state index contributed by atoms with van der Waals surface area (Å²) in [4.78, 5) is 11.9. The smallest absolute Gasteiger partial charge is 0.317 e. The van der Waals surface area contributed by atoms with E-state index in [1.807, 2.05) is 36.4 Å². The molecule has 2 aromatic rings. The van der Waals surface area contributed by atoms with Gasteiger partial charge >= 0.3 is 6.03 Å². The number of amides is 2. The van der Waals surface area contributed by atoms with Gasteiger partial charge in [0.15, 0.2) is 6.23 Å². The molecular weight excluding hydrogens is 324 g/mol. The Hall–Kier alpha value is -2.20. The zero-order valence-corrected chi connectivity index (χ0v) is 14.9. The Morgan fingerprint density at radius 1 is 1.04 bits per heavy atom. The van der Waals surface area contributed by atoms with Gasteiger partial charge in [-0.15, -0.1) is 0 Å². The van der Waals surface area contributed by atoms with Gasteiger partial charge in [-0.2, -0.15) is 0 Å². The minimum atomic E-state index is -0.430. The lowest BCUT2D eigenvalue weighted by Crippen LogP contribution is -2.43. The van der Waals surface area contributed by atoms with Crippen LogP contribution in [0.5, 0.6) is 5.75 Å². The number of urea groups is 1. The maximum absolute atomic E-state index is 11.9. The van der Waals surface area contributed by atoms with Crippen LogP contribution >= 0.6 is 11.6 Å². The summed E-state index contributed by atoms with van der Waals surface area (Å²) in [6.07, 6.45) is -0.430. The highest BCUT2D eigenvalue weighted by Crippen LogP contribution is 2.19. The zero-order chi connectivity index (χ0) is 17.5. The number of carbonyl (C=O) groups excluding carboxylic acids is 1. The van der Waals surface area contributed by atoms with Crippen LogP contribution in [0.1, 0.15) is 37.8 Å². The van der Waals surface area contributed by atoms with E-state index < -0.39 is 6.23 Å². The normalized spacial score (nSPS) is 11.9. The van der Waals surface area contributed by atoms with Crippen molar-refractivity contribution in [3.05, 3.63) is 64.7 Å². The Kier molecular flexibility index (Phi) is 6.50. The summed E-state index contributed by atoms with van der Waals surface area (Å²) in [5.74, 6) is 1.21. The summed E-state index contributed by atoms with van der Waals surface area (Å²) in [5.41, 5.74) is 2.23. The fourth-order valence-electron chi connectivity index (χ4n) is 2.19. The van der Waals surface area contributed by atoms with Crippen molar-refractivity contribution in [3.63, 3.8) is 0 Å². The highest BCUT2D eigenvalue weighted by atomic mass is 35.5. The Morgan fingerprint density at radius 3 is 2.25 bits per heavy atom. The van der Waals surface area contributed by atoms with Crippen LogP contribution in [0.3, 0.4) is 0 Å². The molecule has 0 aromatic heterocycles. The van der Waals surface area contributed by atoms with Crippen LogP contribution in [0, 0.1) is 0 Å². The number of halogens is 1. The van der Waals surface area contributed by atoms with Gasteiger partial charge in [-0.3, -0.25) is 0 Å². The van der Waals surface area contributed by atoms with Crippen LogP contribution in [0.2, 0.25) is 5.02 Å². The van der Waals surface area contributed by atoms with E-state index in [1.165, 1.54) is 5.56 Å². The first-order chi connectivity index (χ1) is 11.4. The second-order valence-electron chi connectivity index (χ2n) is 5.94. The SMILES string of the molecule is CC(NC(=O)NCc1ccc(Cl)cc1)Oc1ccc(C(C)C)cc1. The summed E-state index contributed by atoms with van der Waals surface area (Å²) in [5, 5.41) is 6.21. The third-order valence-electron chi connectivity index (χ3n) is 3.56. The van der Waals surface area contributed by atoms with Crippen molar-refractivity contribution >= 4 is 17.6 Å². The molecule has 2 aromatic carbocycles. The average Bonchev–Trinajstić information content (AvgIpc) is 2.54. The van der Waals surface area contributed by atoms with E-state index >= 15 is 0 Å². The van der Waals surface area contributed by atoms with Crippen molar-refractivity contribution in [2.75, 3.05) is 0 Å². The van der Waals surface area contributed by atoms with E-state index in [0.717, 1.165) is 11.3 Å². The number of carbonyl (C=O) groups is 1. The Bertz CT molecular complexity index is 654. The number of nitrogens with one attached hydrogen (secondary N) is 2. The Balaban J connectivity index is 1.77. The molecule has 24 heavy (non-hydrogen) atoms. The summed E-state index contributed by atoms with van der Waals surface area (Å²) >= 11 is 5.83. The molecule has 128 valence electrons. The van der Waals surface area contributed by atoms with Crippen LogP contribution in [-0.2, 0) is 6.54 Å². The van der Waals surface area contributed by atoms with E-state index in [4.69, 9.17) is 16.3 Å². The first-order valence-electron chi connectivity index (χ1n) is 7.99. The predicted molar refractivity (Wildman–Crippen MR) is 97.4 cm³/mol. The first kappa shape index (κ1) is 18.1. The molecule has 0 aliphatic rings. The number of hydrogen-bond acceptors (Lipinski definition) is 2. The maximum Gasteiger partial charge on any atom is 0.317 e. The molecule has 0 bridgehead atoms. The summed E-state index contributed by atoms with van der Waals surface area (Å²) in [6.45, 7) is 6.51. The maximum atomic E-state index is 11.9. The molecule has 4 nitrogen and oxygen atoms in total. The lowest BCUT2D eigenvalue weighted by Gasteiger charge is -2.17. The monoisotopic (exact) mass is 346 g/mol. The fraction of sp³-hybridized carbons (Fsp3) is 0.316. The minimum Gasteiger partial charge on any atom is -0.471 e. The van der Waals surface area contributed by atoms with Crippen molar-refractivity contribution in [2.45, 2.75) is 39.5 Å². The molecule has 0 saturated heterocycles. The number of hydrogen-bond donors (Lipinski definition) is 2. The van der Waals surface area contributed by atoms with Crippen molar-refractivity contribution < 1.29 is 9.53 Å². The van der Waals surface area contributed by atoms with Gasteiger partial charge in [-0.25, -0.2) is 4.79 Å². The van der Waals surface area contributed by atoms with Gasteiger partial charge in [0.05, 0.1) is 0 Å². The largest absolute Gasteiger partial charge is 0.471 e. The van der Waals surface area contributed by atoms with Crippen LogP contribution in [0.15, 0.2) is 48.5 Å². The molecule has 1 atom stereocenters. The van der Waals surface area contributed by atoms with Crippen molar-refractivity contribution in [1.29, 1.82) is 0 Å². The lowest BCUT2D eigenvalue weighted by atomic mass is 10.0. The lowest BCUT2D eigenvalue weighted by molar-refractivity contribution is 0.177. The molecule has 2 amide bonds. The number of rotatable bonds is 6. The molecule has 2 N–H and O–H groups in total. The molecule has 5 heteroatoms. The molecule has 1 unspecified atom stereocenters. The molecule has 0 aliphatic carbocycles. The molecule has 0 aliphatic heterocycles. The summed E-state index contributed by atoms with van der Waals surface area (Å²) < 4.78 is 5.70. The predicted octanol–water partition coefficient (Wildman–Crippen LogP) is 4.69.